The van der Waals surface area contributed by atoms with Gasteiger partial charge in [-0.3, -0.25) is 14.2 Å². The number of hydrogen-bond acceptors (Lipinski definition) is 5. The Morgan fingerprint density at radius 3 is 2.83 bits per heavy atom. The van der Waals surface area contributed by atoms with Gasteiger partial charge in [0.05, 0.1) is 22.0 Å². The molecule has 4 rings (SSSR count). The third-order valence-corrected chi connectivity index (χ3v) is 6.46. The summed E-state index contributed by atoms with van der Waals surface area (Å²) in [5.74, 6) is -0.860. The van der Waals surface area contributed by atoms with Gasteiger partial charge in [0.1, 0.15) is 10.5 Å². The van der Waals surface area contributed by atoms with Crippen LogP contribution in [0, 0.1) is 12.7 Å². The summed E-state index contributed by atoms with van der Waals surface area (Å²) < 4.78 is 15.4. The first-order valence-electron chi connectivity index (χ1n) is 8.88. The number of benzene rings is 2. The summed E-state index contributed by atoms with van der Waals surface area (Å²) in [6.45, 7) is 1.92. The highest BCUT2D eigenvalue weighted by molar-refractivity contribution is 7.99. The molecule has 0 bridgehead atoms. The smallest absolute Gasteiger partial charge is 0.276 e. The number of nitrogens with zero attached hydrogens (tertiary/aromatic N) is 2. The number of carbonyl (C=O) groups excluding carboxylic acids is 1. The number of fused-ring (bicyclic) bond motifs is 1. The molecule has 30 heavy (non-hydrogen) atoms. The molecule has 0 saturated carbocycles. The topological polar surface area (TPSA) is 64.0 Å². The van der Waals surface area contributed by atoms with E-state index in [-0.39, 0.29) is 22.2 Å². The number of hydrogen-bond donors (Lipinski definition) is 1. The SMILES string of the molecule is Cc1ccccc1-n1c(SCC(=O)Nc2ccc(F)c(Cl)c2)nc2ccsc2c1=O. The molecule has 0 aliphatic carbocycles. The van der Waals surface area contributed by atoms with Gasteiger partial charge < -0.3 is 5.32 Å². The molecule has 0 radical (unpaired) electrons. The van der Waals surface area contributed by atoms with Crippen LogP contribution in [0.15, 0.2) is 63.9 Å². The monoisotopic (exact) mass is 459 g/mol. The van der Waals surface area contributed by atoms with Gasteiger partial charge >= 0.3 is 0 Å². The van der Waals surface area contributed by atoms with Crippen molar-refractivity contribution in [2.45, 2.75) is 12.1 Å². The standard InChI is InChI=1S/C21H15ClFN3O2S2/c1-12-4-2-3-5-17(12)26-20(28)19-16(8-9-29-19)25-21(26)30-11-18(27)24-13-6-7-15(23)14(22)10-13/h2-10H,11H2,1H3,(H,24,27). The zero-order valence-corrected chi connectivity index (χ0v) is 18.1. The van der Waals surface area contributed by atoms with E-state index in [0.717, 1.165) is 23.0 Å². The van der Waals surface area contributed by atoms with Crippen molar-refractivity contribution in [1.29, 1.82) is 0 Å². The highest BCUT2D eigenvalue weighted by Gasteiger charge is 2.17. The van der Waals surface area contributed by atoms with E-state index in [1.54, 1.807) is 10.6 Å². The zero-order chi connectivity index (χ0) is 21.3. The van der Waals surface area contributed by atoms with Gasteiger partial charge in [-0.1, -0.05) is 41.6 Å². The second-order valence-electron chi connectivity index (χ2n) is 6.42. The van der Waals surface area contributed by atoms with Crippen LogP contribution in [-0.4, -0.2) is 21.2 Å². The summed E-state index contributed by atoms with van der Waals surface area (Å²) in [4.78, 5) is 30.2. The zero-order valence-electron chi connectivity index (χ0n) is 15.7. The molecule has 1 amide bonds. The van der Waals surface area contributed by atoms with Crippen LogP contribution in [0.3, 0.4) is 0 Å². The number of thiophene rings is 1. The lowest BCUT2D eigenvalue weighted by Crippen LogP contribution is -2.22. The van der Waals surface area contributed by atoms with E-state index >= 15 is 0 Å². The molecule has 9 heteroatoms. The Morgan fingerprint density at radius 1 is 1.27 bits per heavy atom. The van der Waals surface area contributed by atoms with Crippen LogP contribution in [0.25, 0.3) is 15.9 Å². The van der Waals surface area contributed by atoms with E-state index in [2.05, 4.69) is 10.3 Å². The number of anilines is 1. The van der Waals surface area contributed by atoms with E-state index in [1.165, 1.54) is 29.5 Å². The lowest BCUT2D eigenvalue weighted by molar-refractivity contribution is -0.113. The molecule has 0 aliphatic rings. The third kappa shape index (κ3) is 4.12. The second-order valence-corrected chi connectivity index (χ2v) is 8.69. The molecule has 0 atom stereocenters. The lowest BCUT2D eigenvalue weighted by atomic mass is 10.2. The molecule has 0 saturated heterocycles. The summed E-state index contributed by atoms with van der Waals surface area (Å²) in [6.07, 6.45) is 0. The highest BCUT2D eigenvalue weighted by Crippen LogP contribution is 2.25. The van der Waals surface area contributed by atoms with Gasteiger partial charge in [0, 0.05) is 5.69 Å². The number of rotatable bonds is 5. The Morgan fingerprint density at radius 2 is 2.07 bits per heavy atom. The normalized spacial score (nSPS) is 11.0. The van der Waals surface area contributed by atoms with Crippen molar-refractivity contribution < 1.29 is 9.18 Å². The number of amides is 1. The quantitative estimate of drug-likeness (QED) is 0.326. The number of halogens is 2. The molecule has 5 nitrogen and oxygen atoms in total. The fourth-order valence-corrected chi connectivity index (χ4v) is 4.66. The van der Waals surface area contributed by atoms with Crippen molar-refractivity contribution in [2.24, 2.45) is 0 Å². The van der Waals surface area contributed by atoms with Gasteiger partial charge in [-0.2, -0.15) is 0 Å². The molecule has 0 fully saturated rings. The second kappa shape index (κ2) is 8.59. The van der Waals surface area contributed by atoms with Gasteiger partial charge in [0.2, 0.25) is 5.91 Å². The molecule has 4 aromatic rings. The maximum Gasteiger partial charge on any atom is 0.276 e. The summed E-state index contributed by atoms with van der Waals surface area (Å²) in [5.41, 5.74) is 2.47. The number of carbonyl (C=O) groups is 1. The van der Waals surface area contributed by atoms with Gasteiger partial charge in [0.15, 0.2) is 5.16 Å². The fourth-order valence-electron chi connectivity index (χ4n) is 2.92. The first-order valence-corrected chi connectivity index (χ1v) is 11.1. The molecule has 2 aromatic carbocycles. The van der Waals surface area contributed by atoms with E-state index in [9.17, 15) is 14.0 Å². The molecular weight excluding hydrogens is 445 g/mol. The molecular formula is C21H15ClFN3O2S2. The Hall–Kier alpha value is -2.68. The van der Waals surface area contributed by atoms with Gasteiger partial charge in [-0.15, -0.1) is 11.3 Å². The van der Waals surface area contributed by atoms with Crippen LogP contribution in [0.2, 0.25) is 5.02 Å². The number of thioether (sulfide) groups is 1. The largest absolute Gasteiger partial charge is 0.325 e. The lowest BCUT2D eigenvalue weighted by Gasteiger charge is -2.14. The Labute approximate surface area is 184 Å². The molecule has 152 valence electrons. The van der Waals surface area contributed by atoms with E-state index in [1.807, 2.05) is 36.6 Å². The maximum absolute atomic E-state index is 13.3. The Balaban J connectivity index is 1.64. The van der Waals surface area contributed by atoms with Crippen molar-refractivity contribution in [2.75, 3.05) is 11.1 Å². The highest BCUT2D eigenvalue weighted by atomic mass is 35.5. The summed E-state index contributed by atoms with van der Waals surface area (Å²) in [5, 5.41) is 4.85. The molecule has 0 unspecified atom stereocenters. The van der Waals surface area contributed by atoms with Crippen LogP contribution < -0.4 is 10.9 Å². The van der Waals surface area contributed by atoms with Gasteiger partial charge in [-0.05, 0) is 48.2 Å². The van der Waals surface area contributed by atoms with E-state index < -0.39 is 5.82 Å². The first-order chi connectivity index (χ1) is 14.4. The summed E-state index contributed by atoms with van der Waals surface area (Å²) in [7, 11) is 0. The van der Waals surface area contributed by atoms with E-state index in [4.69, 9.17) is 11.6 Å². The van der Waals surface area contributed by atoms with E-state index in [0.29, 0.717) is 21.1 Å². The Bertz CT molecular complexity index is 1320. The molecule has 2 heterocycles. The first kappa shape index (κ1) is 20.6. The van der Waals surface area contributed by atoms with Crippen LogP contribution in [0.4, 0.5) is 10.1 Å². The number of aromatic nitrogens is 2. The van der Waals surface area contributed by atoms with Crippen LogP contribution in [0.5, 0.6) is 0 Å². The predicted octanol–water partition coefficient (Wildman–Crippen LogP) is 5.28. The van der Waals surface area contributed by atoms with Gasteiger partial charge in [-0.25, -0.2) is 9.37 Å². The van der Waals surface area contributed by atoms with Crippen molar-refractivity contribution in [3.63, 3.8) is 0 Å². The van der Waals surface area contributed by atoms with Crippen molar-refractivity contribution >= 4 is 56.5 Å². The molecule has 0 aliphatic heterocycles. The third-order valence-electron chi connectivity index (χ3n) is 4.34. The van der Waals surface area contributed by atoms with Crippen molar-refractivity contribution in [3.8, 4) is 5.69 Å². The minimum atomic E-state index is -0.556. The molecule has 2 aromatic heterocycles. The van der Waals surface area contributed by atoms with Crippen LogP contribution in [-0.2, 0) is 4.79 Å². The number of nitrogens with one attached hydrogen (secondary N) is 1. The number of aryl methyl sites for hydroxylation is 1. The number of para-hydroxylation sites is 1. The maximum atomic E-state index is 13.3. The van der Waals surface area contributed by atoms with Crippen molar-refractivity contribution in [3.05, 3.63) is 80.7 Å². The minimum absolute atomic E-state index is 0.0168. The minimum Gasteiger partial charge on any atom is -0.325 e. The average molecular weight is 460 g/mol. The summed E-state index contributed by atoms with van der Waals surface area (Å²) >= 11 is 8.25. The fraction of sp³-hybridized carbons (Fsp3) is 0.0952. The van der Waals surface area contributed by atoms with Gasteiger partial charge in [0.25, 0.3) is 5.56 Å². The van der Waals surface area contributed by atoms with Crippen LogP contribution in [0.1, 0.15) is 5.56 Å². The van der Waals surface area contributed by atoms with Crippen LogP contribution >= 0.6 is 34.7 Å². The molecule has 0 spiro atoms. The molecule has 1 N–H and O–H groups in total. The van der Waals surface area contributed by atoms with Crippen molar-refractivity contribution in [1.82, 2.24) is 9.55 Å². The average Bonchev–Trinajstić information content (AvgIpc) is 3.19. The Kier molecular flexibility index (Phi) is 5.90. The summed E-state index contributed by atoms with van der Waals surface area (Å²) in [6, 6.07) is 13.3. The predicted molar refractivity (Wildman–Crippen MR) is 121 cm³/mol.